The molecule has 1 saturated carbocycles. The van der Waals surface area contributed by atoms with E-state index in [0.29, 0.717) is 13.2 Å². The fraction of sp³-hybridized carbons (Fsp3) is 0.857. The summed E-state index contributed by atoms with van der Waals surface area (Å²) in [5.74, 6) is 0. The van der Waals surface area contributed by atoms with Crippen LogP contribution in [0.2, 0.25) is 0 Å². The molecule has 108 valence electrons. The first kappa shape index (κ1) is 15.6. The zero-order valence-corrected chi connectivity index (χ0v) is 12.3. The van der Waals surface area contributed by atoms with Gasteiger partial charge in [0.1, 0.15) is 6.10 Å². The van der Waals surface area contributed by atoms with Crippen molar-refractivity contribution in [3.63, 3.8) is 0 Å². The van der Waals surface area contributed by atoms with Crippen LogP contribution in [0.5, 0.6) is 0 Å². The molecule has 1 fully saturated rings. The van der Waals surface area contributed by atoms with Crippen LogP contribution in [-0.2, 0) is 9.47 Å². The van der Waals surface area contributed by atoms with Gasteiger partial charge in [0.05, 0.1) is 6.61 Å². The van der Waals surface area contributed by atoms with Crippen LogP contribution in [0.1, 0.15) is 47.0 Å². The van der Waals surface area contributed by atoms with E-state index in [9.17, 15) is 4.79 Å². The molecule has 0 aromatic heterocycles. The summed E-state index contributed by atoms with van der Waals surface area (Å²) in [4.78, 5) is 11.4. The molecular formula is C14H24N2O3. The average molecular weight is 268 g/mol. The molecule has 1 rings (SSSR count). The van der Waals surface area contributed by atoms with Crippen LogP contribution in [0.15, 0.2) is 0 Å². The molecule has 19 heavy (non-hydrogen) atoms. The van der Waals surface area contributed by atoms with E-state index in [0.717, 1.165) is 19.3 Å². The normalized spacial score (nSPS) is 29.1. The lowest BCUT2D eigenvalue weighted by Crippen LogP contribution is -2.45. The summed E-state index contributed by atoms with van der Waals surface area (Å²) in [5.41, 5.74) is 0.0287. The van der Waals surface area contributed by atoms with Gasteiger partial charge >= 0.3 is 6.09 Å². The fourth-order valence-electron chi connectivity index (χ4n) is 3.30. The Morgan fingerprint density at radius 3 is 2.68 bits per heavy atom. The summed E-state index contributed by atoms with van der Waals surface area (Å²) >= 11 is 0. The first-order valence-electron chi connectivity index (χ1n) is 6.76. The summed E-state index contributed by atoms with van der Waals surface area (Å²) in [5, 5.41) is 11.5. The van der Waals surface area contributed by atoms with Crippen molar-refractivity contribution in [1.29, 1.82) is 5.26 Å². The Kier molecular flexibility index (Phi) is 5.04. The van der Waals surface area contributed by atoms with Crippen LogP contribution in [-0.4, -0.2) is 25.3 Å². The number of nitriles is 1. The molecule has 0 heterocycles. The van der Waals surface area contributed by atoms with Crippen molar-refractivity contribution in [2.45, 2.75) is 53.1 Å². The largest absolute Gasteiger partial charge is 0.450 e. The van der Waals surface area contributed by atoms with Crippen molar-refractivity contribution < 1.29 is 14.3 Å². The lowest BCUT2D eigenvalue weighted by molar-refractivity contribution is -0.0106. The van der Waals surface area contributed by atoms with Crippen molar-refractivity contribution in [3.05, 3.63) is 0 Å². The number of alkyl carbamates (subject to hydrolysis) is 1. The van der Waals surface area contributed by atoms with Crippen molar-refractivity contribution in [2.24, 2.45) is 10.8 Å². The molecule has 0 radical (unpaired) electrons. The summed E-state index contributed by atoms with van der Waals surface area (Å²) in [6.07, 6.45) is 3.96. The van der Waals surface area contributed by atoms with Crippen LogP contribution < -0.4 is 5.32 Å². The van der Waals surface area contributed by atoms with E-state index in [4.69, 9.17) is 14.7 Å². The molecule has 1 aliphatic rings. The molecule has 1 N–H and O–H groups in total. The predicted molar refractivity (Wildman–Crippen MR) is 71.2 cm³/mol. The zero-order chi connectivity index (χ0) is 14.5. The second kappa shape index (κ2) is 6.14. The number of hydrogen-bond acceptors (Lipinski definition) is 4. The highest BCUT2D eigenvalue weighted by atomic mass is 16.5. The molecular weight excluding hydrogens is 244 g/mol. The number of amides is 1. The highest BCUT2D eigenvalue weighted by Crippen LogP contribution is 2.46. The standard InChI is InChI=1S/C14H24N2O3/c1-5-18-12(17)16-9-14(4)7-11(19-10-15)6-13(2,3)8-14/h11H,5-9H2,1-4H3,(H,16,17). The summed E-state index contributed by atoms with van der Waals surface area (Å²) in [6, 6.07) is 0. The third kappa shape index (κ3) is 4.98. The predicted octanol–water partition coefficient (Wildman–Crippen LogP) is 2.82. The quantitative estimate of drug-likeness (QED) is 0.796. The smallest absolute Gasteiger partial charge is 0.407 e. The van der Waals surface area contributed by atoms with Crippen LogP contribution in [0, 0.1) is 22.3 Å². The molecule has 2 atom stereocenters. The van der Waals surface area contributed by atoms with E-state index in [-0.39, 0.29) is 23.0 Å². The van der Waals surface area contributed by atoms with Gasteiger partial charge in [0.15, 0.2) is 0 Å². The maximum Gasteiger partial charge on any atom is 0.407 e. The van der Waals surface area contributed by atoms with E-state index in [1.807, 2.05) is 0 Å². The third-order valence-electron chi connectivity index (χ3n) is 3.56. The SMILES string of the molecule is CCOC(=O)NCC1(C)CC(OC#N)CC(C)(C)C1. The molecule has 0 aliphatic heterocycles. The number of rotatable bonds is 4. The van der Waals surface area contributed by atoms with Gasteiger partial charge in [0.2, 0.25) is 0 Å². The van der Waals surface area contributed by atoms with Gasteiger partial charge in [-0.1, -0.05) is 20.8 Å². The van der Waals surface area contributed by atoms with Gasteiger partial charge in [-0.25, -0.2) is 4.79 Å². The third-order valence-corrected chi connectivity index (χ3v) is 3.56. The first-order valence-corrected chi connectivity index (χ1v) is 6.76. The highest BCUT2D eigenvalue weighted by Gasteiger charge is 2.42. The Morgan fingerprint density at radius 1 is 1.42 bits per heavy atom. The van der Waals surface area contributed by atoms with Crippen LogP contribution in [0.3, 0.4) is 0 Å². The molecule has 0 bridgehead atoms. The lowest BCUT2D eigenvalue weighted by Gasteiger charge is -2.45. The summed E-state index contributed by atoms with van der Waals surface area (Å²) in [7, 11) is 0. The van der Waals surface area contributed by atoms with E-state index in [1.165, 1.54) is 0 Å². The molecule has 1 amide bonds. The molecule has 0 aromatic rings. The van der Waals surface area contributed by atoms with Crippen LogP contribution in [0.25, 0.3) is 0 Å². The minimum absolute atomic E-state index is 0.0669. The Balaban J connectivity index is 2.62. The molecule has 2 unspecified atom stereocenters. The maximum atomic E-state index is 11.4. The molecule has 5 heteroatoms. The Morgan fingerprint density at radius 2 is 2.11 bits per heavy atom. The van der Waals surface area contributed by atoms with Gasteiger partial charge in [-0.05, 0) is 37.0 Å². The van der Waals surface area contributed by atoms with E-state index in [1.54, 1.807) is 13.2 Å². The maximum absolute atomic E-state index is 11.4. The average Bonchev–Trinajstić information content (AvgIpc) is 2.25. The van der Waals surface area contributed by atoms with Gasteiger partial charge in [0, 0.05) is 6.54 Å². The van der Waals surface area contributed by atoms with Gasteiger partial charge in [0.25, 0.3) is 6.26 Å². The second-order valence-electron chi connectivity index (χ2n) is 6.47. The van der Waals surface area contributed by atoms with Crippen molar-refractivity contribution in [1.82, 2.24) is 5.32 Å². The number of carbonyl (C=O) groups is 1. The Hall–Kier alpha value is -1.44. The van der Waals surface area contributed by atoms with Crippen molar-refractivity contribution in [2.75, 3.05) is 13.2 Å². The molecule has 1 aliphatic carbocycles. The Bertz CT molecular complexity index is 362. The number of hydrogen-bond donors (Lipinski definition) is 1. The monoisotopic (exact) mass is 268 g/mol. The van der Waals surface area contributed by atoms with Crippen molar-refractivity contribution in [3.8, 4) is 6.26 Å². The fourth-order valence-corrected chi connectivity index (χ4v) is 3.30. The van der Waals surface area contributed by atoms with Gasteiger partial charge in [-0.2, -0.15) is 5.26 Å². The van der Waals surface area contributed by atoms with Gasteiger partial charge < -0.3 is 14.8 Å². The first-order chi connectivity index (χ1) is 8.80. The molecule has 5 nitrogen and oxygen atoms in total. The second-order valence-corrected chi connectivity index (χ2v) is 6.47. The van der Waals surface area contributed by atoms with E-state index in [2.05, 4.69) is 26.1 Å². The lowest BCUT2D eigenvalue weighted by atomic mass is 9.63. The summed E-state index contributed by atoms with van der Waals surface area (Å²) in [6.45, 7) is 9.15. The minimum Gasteiger partial charge on any atom is -0.450 e. The van der Waals surface area contributed by atoms with Crippen LogP contribution in [0.4, 0.5) is 4.79 Å². The number of ether oxygens (including phenoxy) is 2. The molecule has 0 aromatic carbocycles. The number of nitrogens with one attached hydrogen (secondary N) is 1. The summed E-state index contributed by atoms with van der Waals surface area (Å²) < 4.78 is 10.0. The number of carbonyl (C=O) groups excluding carboxylic acids is 1. The van der Waals surface area contributed by atoms with Gasteiger partial charge in [-0.15, -0.1) is 0 Å². The molecule has 0 spiro atoms. The minimum atomic E-state index is -0.384. The van der Waals surface area contributed by atoms with Crippen LogP contribution >= 0.6 is 0 Å². The topological polar surface area (TPSA) is 71.3 Å². The van der Waals surface area contributed by atoms with E-state index < -0.39 is 0 Å². The van der Waals surface area contributed by atoms with Gasteiger partial charge in [-0.3, -0.25) is 0 Å². The van der Waals surface area contributed by atoms with E-state index >= 15 is 0 Å². The van der Waals surface area contributed by atoms with Crippen molar-refractivity contribution >= 4 is 6.09 Å². The zero-order valence-electron chi connectivity index (χ0n) is 12.3. The highest BCUT2D eigenvalue weighted by molar-refractivity contribution is 5.67. The Labute approximate surface area is 115 Å². The number of nitrogens with zero attached hydrogens (tertiary/aromatic N) is 1. The molecule has 0 saturated heterocycles.